The van der Waals surface area contributed by atoms with Crippen molar-refractivity contribution in [3.8, 4) is 52.9 Å². The fourth-order valence-electron chi connectivity index (χ4n) is 16.9. The molecule has 19 nitrogen and oxygen atoms in total. The minimum absolute atomic E-state index is 0.0148. The van der Waals surface area contributed by atoms with Gasteiger partial charge in [0, 0.05) is 143 Å². The van der Waals surface area contributed by atoms with Gasteiger partial charge in [0.1, 0.15) is 50.0 Å². The van der Waals surface area contributed by atoms with Crippen molar-refractivity contribution in [1.29, 1.82) is 0 Å². The molecule has 2 unspecified atom stereocenters. The number of fused-ring (bicyclic) bond motifs is 10. The van der Waals surface area contributed by atoms with Crippen LogP contribution in [0.15, 0.2) is 121 Å². The number of rotatable bonds is 12. The van der Waals surface area contributed by atoms with E-state index in [1.807, 2.05) is 72.8 Å². The third kappa shape index (κ3) is 18.6. The van der Waals surface area contributed by atoms with E-state index in [9.17, 15) is 24.0 Å². The molecule has 0 bridgehead atoms. The second-order valence-corrected chi connectivity index (χ2v) is 43.3. The summed E-state index contributed by atoms with van der Waals surface area (Å²) < 4.78 is 5.92. The SMILES string of the molecule is CC(=O)Nc1sc2c(c1-c1nc3ccccc3s1)CC(C)CC2.CC(=O)Nc1sc2c(c1-c1nc3ccccc3s1)CCNC2C.CC(=O)Nc1sc2c(c1-c1nc3ccccc3s1)C[C@@H](C)N[C@H]2C.CC(=O)Nc1sc2c(c1-c1nc3ccccc3s1)[C@@H](C)CN(C(C)C)C2.CC(=O)Nc1sc2c(c1-c1nc3ccccc3s1)[C@H](C)CN(C(C)C)C2. The number of hydrogen-bond donors (Lipinski definition) is 7. The molecule has 0 fully saturated rings. The Hall–Kier alpha value is -8.76. The average molecular weight is 1810 g/mol. The van der Waals surface area contributed by atoms with E-state index in [4.69, 9.17) is 24.9 Å². The number of hydrogen-bond acceptors (Lipinski definition) is 24. The van der Waals surface area contributed by atoms with Crippen LogP contribution in [0.5, 0.6) is 0 Å². The molecule has 20 rings (SSSR count). The van der Waals surface area contributed by atoms with Crippen molar-refractivity contribution >= 4 is 219 Å². The van der Waals surface area contributed by atoms with Gasteiger partial charge in [-0.25, -0.2) is 24.9 Å². The highest BCUT2D eigenvalue weighted by Gasteiger charge is 2.37. The molecule has 4 aliphatic heterocycles. The Morgan fingerprint density at radius 3 is 1.06 bits per heavy atom. The van der Waals surface area contributed by atoms with Crippen LogP contribution in [0.2, 0.25) is 0 Å². The number of nitrogens with zero attached hydrogens (tertiary/aromatic N) is 7. The van der Waals surface area contributed by atoms with Crippen LogP contribution < -0.4 is 37.2 Å². The molecule has 5 aromatic carbocycles. The van der Waals surface area contributed by atoms with Crippen LogP contribution in [-0.2, 0) is 62.7 Å². The Kier molecular flexibility index (Phi) is 26.4. The van der Waals surface area contributed by atoms with Crippen LogP contribution >= 0.6 is 113 Å². The standard InChI is InChI=1S/2C20H23N3OS2.C18H19N3OS2.C18H18N2OS2.C17H17N3OS2/c2*1-11(2)23-9-12(3)17-16(10-23)26-19(21-13(4)24)18(17)20-22-14-7-5-6-8-15(14)25-20;1-9-8-12-15(18-21-13-6-4-5-7-14(13)23-18)17(20-11(3)22)24-16(12)10(2)19-9;1-10-7-8-14-12(9-10)16(17(22-14)19-11(2)21)18-20-13-5-3-4-6-15(13)23-18;1-9-15-11(7-8-18-9)14(16(23-15)19-10(2)21)17-20-12-5-3-4-6-13(12)22-17/h2*5-8,11-12H,9-10H2,1-4H3,(H,21,24);4-7,9-10,19H,8H2,1-3H3,(H,20,22);3-6,10H,7-9H2,1-2H3,(H,19,21);3-6,9,18H,7-8H2,1-2H3,(H,19,21)/t2*12-;9-,10+;;/m101../s1. The lowest BCUT2D eigenvalue weighted by Gasteiger charge is -2.34. The first kappa shape index (κ1) is 86.7. The van der Waals surface area contributed by atoms with Gasteiger partial charge in [0.05, 0.1) is 51.1 Å². The lowest BCUT2D eigenvalue weighted by molar-refractivity contribution is -0.115. The Morgan fingerprint density at radius 1 is 0.377 bits per heavy atom. The highest BCUT2D eigenvalue weighted by atomic mass is 32.1. The third-order valence-corrected chi connectivity index (χ3v) is 33.8. The number of thiazole rings is 5. The summed E-state index contributed by atoms with van der Waals surface area (Å²) in [7, 11) is 0. The van der Waals surface area contributed by atoms with Gasteiger partial charge in [-0.15, -0.1) is 113 Å². The second kappa shape index (κ2) is 37.2. The number of carbonyl (C=O) groups excluding carboxylic acids is 5. The summed E-state index contributed by atoms with van der Waals surface area (Å²) in [6, 6.07) is 43.1. The minimum Gasteiger partial charge on any atom is -0.317 e. The molecule has 14 heterocycles. The number of anilines is 5. The van der Waals surface area contributed by atoms with E-state index in [2.05, 4.69) is 165 Å². The number of thiophene rings is 5. The zero-order chi connectivity index (χ0) is 85.6. The molecular weight excluding hydrogens is 1710 g/mol. The lowest BCUT2D eigenvalue weighted by Crippen LogP contribution is -2.36. The van der Waals surface area contributed by atoms with Crippen molar-refractivity contribution < 1.29 is 24.0 Å². The van der Waals surface area contributed by atoms with Gasteiger partial charge in [-0.2, -0.15) is 0 Å². The summed E-state index contributed by atoms with van der Waals surface area (Å²) in [4.78, 5) is 94.5. The molecule has 10 aromatic heterocycles. The van der Waals surface area contributed by atoms with Gasteiger partial charge in [-0.1, -0.05) is 81.4 Å². The second-order valence-electron chi connectivity index (χ2n) is 32.7. The molecule has 0 saturated heterocycles. The maximum atomic E-state index is 11.8. The first-order chi connectivity index (χ1) is 58.6. The van der Waals surface area contributed by atoms with Gasteiger partial charge < -0.3 is 37.2 Å². The number of carbonyl (C=O) groups is 5. The summed E-state index contributed by atoms with van der Waals surface area (Å²) in [5.74, 6) is 1.38. The van der Waals surface area contributed by atoms with Crippen molar-refractivity contribution in [2.45, 2.75) is 191 Å². The molecule has 0 saturated carbocycles. The Bertz CT molecular complexity index is 6120. The normalized spacial score (nSPS) is 18.0. The minimum atomic E-state index is -0.0374. The number of nitrogens with one attached hydrogen (secondary N) is 7. The molecule has 632 valence electrons. The number of aromatic nitrogens is 5. The van der Waals surface area contributed by atoms with Crippen LogP contribution in [0.4, 0.5) is 25.0 Å². The zero-order valence-electron chi connectivity index (χ0n) is 71.0. The molecule has 0 spiro atoms. The van der Waals surface area contributed by atoms with Crippen LogP contribution in [0.1, 0.15) is 186 Å². The number of aryl methyl sites for hydroxylation is 1. The van der Waals surface area contributed by atoms with Crippen LogP contribution in [0.25, 0.3) is 104 Å². The average Bonchev–Trinajstić information content (AvgIpc) is 1.61. The molecule has 7 N–H and O–H groups in total. The summed E-state index contributed by atoms with van der Waals surface area (Å²) >= 11 is 17.0. The van der Waals surface area contributed by atoms with Crippen molar-refractivity contribution in [3.63, 3.8) is 0 Å². The summed E-state index contributed by atoms with van der Waals surface area (Å²) in [6.07, 6.45) is 5.35. The summed E-state index contributed by atoms with van der Waals surface area (Å²) in [6.45, 7) is 35.2. The van der Waals surface area contributed by atoms with E-state index in [1.165, 1.54) is 82.1 Å². The zero-order valence-corrected chi connectivity index (χ0v) is 79.2. The highest BCUT2D eigenvalue weighted by molar-refractivity contribution is 7.25. The number of amides is 5. The van der Waals surface area contributed by atoms with E-state index in [-0.39, 0.29) is 29.5 Å². The number of para-hydroxylation sites is 5. The topological polar surface area (TPSA) is 240 Å². The third-order valence-electron chi connectivity index (χ3n) is 22.4. The Balaban J connectivity index is 0.000000113. The predicted octanol–water partition coefficient (Wildman–Crippen LogP) is 24.5. The molecule has 15 aromatic rings. The first-order valence-corrected chi connectivity index (χ1v) is 49.7. The first-order valence-electron chi connectivity index (χ1n) is 41.6. The van der Waals surface area contributed by atoms with E-state index in [1.54, 1.807) is 148 Å². The van der Waals surface area contributed by atoms with Gasteiger partial charge in [0.2, 0.25) is 29.5 Å². The Labute approximate surface area is 751 Å². The van der Waals surface area contributed by atoms with Gasteiger partial charge in [0.15, 0.2) is 0 Å². The molecule has 6 atom stereocenters. The van der Waals surface area contributed by atoms with Crippen molar-refractivity contribution in [2.24, 2.45) is 5.92 Å². The maximum Gasteiger partial charge on any atom is 0.221 e. The van der Waals surface area contributed by atoms with Gasteiger partial charge >= 0.3 is 0 Å². The monoisotopic (exact) mass is 1810 g/mol. The summed E-state index contributed by atoms with van der Waals surface area (Å²) in [5, 5.41) is 32.0. The van der Waals surface area contributed by atoms with E-state index in [0.717, 1.165) is 164 Å². The van der Waals surface area contributed by atoms with Gasteiger partial charge in [-0.05, 0) is 193 Å². The molecule has 0 radical (unpaired) electrons. The molecule has 29 heteroatoms. The molecule has 1 aliphatic carbocycles. The lowest BCUT2D eigenvalue weighted by atomic mass is 9.88. The van der Waals surface area contributed by atoms with Crippen LogP contribution in [-0.4, -0.2) is 102 Å². The van der Waals surface area contributed by atoms with E-state index in [0.29, 0.717) is 48.0 Å². The Morgan fingerprint density at radius 2 is 0.697 bits per heavy atom. The molecule has 5 aliphatic rings. The number of benzene rings is 5. The smallest absolute Gasteiger partial charge is 0.221 e. The van der Waals surface area contributed by atoms with E-state index < -0.39 is 0 Å². The molecular formula is C93H100N14O5S10. The summed E-state index contributed by atoms with van der Waals surface area (Å²) in [5.41, 5.74) is 17.6. The van der Waals surface area contributed by atoms with Gasteiger partial charge in [0.25, 0.3) is 0 Å². The van der Waals surface area contributed by atoms with Crippen molar-refractivity contribution in [1.82, 2.24) is 45.4 Å². The molecule has 122 heavy (non-hydrogen) atoms. The van der Waals surface area contributed by atoms with Crippen LogP contribution in [0.3, 0.4) is 0 Å². The predicted molar refractivity (Wildman–Crippen MR) is 520 cm³/mol. The molecule has 5 amide bonds. The van der Waals surface area contributed by atoms with E-state index >= 15 is 0 Å². The van der Waals surface area contributed by atoms with Crippen molar-refractivity contribution in [3.05, 3.63) is 174 Å². The van der Waals surface area contributed by atoms with Gasteiger partial charge in [-0.3, -0.25) is 33.8 Å². The van der Waals surface area contributed by atoms with Crippen LogP contribution in [0, 0.1) is 5.92 Å². The quantitative estimate of drug-likeness (QED) is 0.0602. The van der Waals surface area contributed by atoms with Crippen molar-refractivity contribution in [2.75, 3.05) is 46.2 Å². The fraction of sp³-hybridized carbons (Fsp3) is 0.355. The maximum absolute atomic E-state index is 11.8. The fourth-order valence-corrected chi connectivity index (χ4v) is 29.1. The highest BCUT2D eigenvalue weighted by Crippen LogP contribution is 2.54. The largest absolute Gasteiger partial charge is 0.317 e.